The largest absolute Gasteiger partial charge is 2.00 e. The molecule has 10 nitrogen and oxygen atoms in total. The van der Waals surface area contributed by atoms with Crippen LogP contribution in [0.15, 0.2) is 146 Å². The normalized spacial score (nSPS) is 11.9. The first-order chi connectivity index (χ1) is 30.9. The van der Waals surface area contributed by atoms with Crippen molar-refractivity contribution >= 4 is 34.4 Å². The number of rotatable bonds is 4. The second-order valence-corrected chi connectivity index (χ2v) is 13.6. The van der Waals surface area contributed by atoms with Gasteiger partial charge in [-0.05, 0) is 50.5 Å². The maximum absolute atomic E-state index is 13.3. The van der Waals surface area contributed by atoms with Crippen LogP contribution in [0.4, 0.5) is 60.7 Å². The Balaban J connectivity index is 0.000000166. The maximum Gasteiger partial charge on any atom is 2.00 e. The Morgan fingerprint density at radius 1 is 0.485 bits per heavy atom. The Morgan fingerprint density at radius 2 is 0.864 bits per heavy atom. The van der Waals surface area contributed by atoms with E-state index < -0.39 is 34.9 Å². The number of halogens is 6. The third-order valence-corrected chi connectivity index (χ3v) is 9.26. The first-order valence-corrected chi connectivity index (χ1v) is 19.1. The van der Waals surface area contributed by atoms with E-state index in [1.54, 1.807) is 86.0 Å². The van der Waals surface area contributed by atoms with E-state index in [9.17, 15) is 26.3 Å². The van der Waals surface area contributed by atoms with Crippen LogP contribution in [0.25, 0.3) is 22.5 Å². The molecular weight excluding hydrogens is 1220 g/mol. The van der Waals surface area contributed by atoms with E-state index in [0.29, 0.717) is 11.6 Å². The van der Waals surface area contributed by atoms with Gasteiger partial charge in [-0.2, -0.15) is 13.3 Å². The average molecular weight is 1260 g/mol. The third-order valence-electron chi connectivity index (χ3n) is 9.26. The molecule has 0 bridgehead atoms. The van der Waals surface area contributed by atoms with Gasteiger partial charge in [0.1, 0.15) is 11.6 Å². The molecule has 0 amide bonds. The molecule has 6 heterocycles. The van der Waals surface area contributed by atoms with Crippen LogP contribution in [0.2, 0.25) is 0 Å². The molecule has 10 rings (SSSR count). The molecular formula is C48H34F6N8O2Pt2. The third kappa shape index (κ3) is 11.9. The summed E-state index contributed by atoms with van der Waals surface area (Å²) < 4.78 is 78.8. The molecule has 0 atom stereocenters. The molecule has 0 fully saturated rings. The number of pyridine rings is 4. The Labute approximate surface area is 405 Å². The van der Waals surface area contributed by atoms with Gasteiger partial charge in [-0.3, -0.25) is 8.78 Å². The van der Waals surface area contributed by atoms with Crippen molar-refractivity contribution in [2.75, 3.05) is 33.7 Å². The molecule has 8 aromatic rings. The van der Waals surface area contributed by atoms with Crippen molar-refractivity contribution in [2.24, 2.45) is 0 Å². The molecule has 0 saturated carbocycles. The van der Waals surface area contributed by atoms with E-state index in [0.717, 1.165) is 46.0 Å². The van der Waals surface area contributed by atoms with E-state index >= 15 is 0 Å². The summed E-state index contributed by atoms with van der Waals surface area (Å²) >= 11 is 0. The van der Waals surface area contributed by atoms with Crippen LogP contribution >= 0.6 is 0 Å². The van der Waals surface area contributed by atoms with Crippen LogP contribution in [0.5, 0.6) is 11.8 Å². The SMILES string of the molecule is CN1[CH-]N(c2[c-]c(F)c(F)c(F)c2)c2ncccc21.CN1[CH-]N(c2[c-]c(F)c(F)c(F)c2)c2ncccc21.Oc1cccc(-c2ccccc2)n1.Oc1cccc(-c2ccccc2)n1.[Pt+2].[Pt+2]. The predicted molar refractivity (Wildman–Crippen MR) is 231 cm³/mol. The van der Waals surface area contributed by atoms with Crippen LogP contribution in [0.1, 0.15) is 0 Å². The summed E-state index contributed by atoms with van der Waals surface area (Å²) in [5.74, 6) is -7.15. The number of benzene rings is 4. The van der Waals surface area contributed by atoms with Crippen molar-refractivity contribution in [2.45, 2.75) is 0 Å². The van der Waals surface area contributed by atoms with Gasteiger partial charge in [-0.15, -0.1) is 24.3 Å². The molecule has 0 spiro atoms. The molecule has 2 N–H and O–H groups in total. The van der Waals surface area contributed by atoms with Gasteiger partial charge in [0.25, 0.3) is 0 Å². The van der Waals surface area contributed by atoms with Crippen LogP contribution in [0, 0.1) is 60.4 Å². The van der Waals surface area contributed by atoms with Gasteiger partial charge in [-0.25, -0.2) is 37.5 Å². The standard InChI is InChI=1S/2C13H8F3N3.2C11H9NO.2Pt/c2*1-18-7-19(13-11(18)3-2-4-17-13)8-5-9(14)12(16)10(15)6-8;2*13-11-8-4-7-10(12-11)9-5-2-1-3-6-9;;/h2*2-5,7H,1H3;2*1-8H,(H,12,13);;/q2*-2;;;2*+2. The van der Waals surface area contributed by atoms with Crippen molar-refractivity contribution in [3.63, 3.8) is 0 Å². The minimum Gasteiger partial charge on any atom is -0.502 e. The van der Waals surface area contributed by atoms with Crippen LogP contribution < -0.4 is 19.6 Å². The molecule has 4 aromatic carbocycles. The monoisotopic (exact) mass is 1260 g/mol. The molecule has 0 aliphatic carbocycles. The van der Waals surface area contributed by atoms with E-state index in [-0.39, 0.29) is 65.3 Å². The van der Waals surface area contributed by atoms with E-state index in [1.165, 1.54) is 9.80 Å². The smallest absolute Gasteiger partial charge is 0.502 e. The van der Waals surface area contributed by atoms with Crippen molar-refractivity contribution in [1.82, 2.24) is 19.9 Å². The first kappa shape index (κ1) is 50.2. The van der Waals surface area contributed by atoms with Gasteiger partial charge in [-0.1, -0.05) is 84.2 Å². The van der Waals surface area contributed by atoms with Gasteiger partial charge in [0.05, 0.1) is 34.7 Å². The Bertz CT molecular complexity index is 2630. The number of hydrogen-bond donors (Lipinski definition) is 2. The zero-order valence-electron chi connectivity index (χ0n) is 34.4. The van der Waals surface area contributed by atoms with Crippen LogP contribution in [-0.2, 0) is 42.1 Å². The van der Waals surface area contributed by atoms with E-state index in [2.05, 4.69) is 32.1 Å². The fourth-order valence-corrected chi connectivity index (χ4v) is 6.26. The molecule has 18 heteroatoms. The molecule has 2 aliphatic heterocycles. The van der Waals surface area contributed by atoms with Crippen molar-refractivity contribution < 1.29 is 78.7 Å². The Kier molecular flexibility index (Phi) is 17.4. The molecule has 66 heavy (non-hydrogen) atoms. The molecule has 340 valence electrons. The maximum atomic E-state index is 13.3. The fourth-order valence-electron chi connectivity index (χ4n) is 6.26. The summed E-state index contributed by atoms with van der Waals surface area (Å²) in [5, 5.41) is 18.3. The summed E-state index contributed by atoms with van der Waals surface area (Å²) in [7, 11) is 3.55. The quantitative estimate of drug-likeness (QED) is 0.101. The summed E-state index contributed by atoms with van der Waals surface area (Å²) in [6.07, 6.45) is 3.13. The molecule has 0 saturated heterocycles. The second kappa shape index (κ2) is 22.9. The summed E-state index contributed by atoms with van der Waals surface area (Å²) in [6.45, 7) is 3.20. The number of hydrogen-bond acceptors (Lipinski definition) is 10. The molecule has 2 aliphatic rings. The van der Waals surface area contributed by atoms with Gasteiger partial charge in [0.15, 0.2) is 0 Å². The molecule has 4 aromatic heterocycles. The number of fused-ring (bicyclic) bond motifs is 2. The van der Waals surface area contributed by atoms with Gasteiger partial charge in [0.2, 0.25) is 11.8 Å². The number of aromatic hydroxyl groups is 2. The molecule has 0 unspecified atom stereocenters. The zero-order valence-corrected chi connectivity index (χ0v) is 38.9. The fraction of sp³-hybridized carbons (Fsp3) is 0.0417. The summed E-state index contributed by atoms with van der Waals surface area (Å²) in [5.41, 5.74) is 5.28. The minimum absolute atomic E-state index is 0. The summed E-state index contributed by atoms with van der Waals surface area (Å²) in [4.78, 5) is 22.7. The minimum atomic E-state index is -1.53. The van der Waals surface area contributed by atoms with E-state index in [4.69, 9.17) is 10.2 Å². The van der Waals surface area contributed by atoms with Gasteiger partial charge in [0, 0.05) is 58.7 Å². The van der Waals surface area contributed by atoms with Crippen molar-refractivity contribution in [3.05, 3.63) is 206 Å². The van der Waals surface area contributed by atoms with Crippen LogP contribution in [0.3, 0.4) is 0 Å². The molecule has 0 radical (unpaired) electrons. The second-order valence-electron chi connectivity index (χ2n) is 13.6. The topological polar surface area (TPSA) is 105 Å². The number of anilines is 6. The Morgan fingerprint density at radius 3 is 1.21 bits per heavy atom. The van der Waals surface area contributed by atoms with Gasteiger partial charge >= 0.3 is 42.1 Å². The number of aromatic nitrogens is 4. The number of nitrogens with zero attached hydrogens (tertiary/aromatic N) is 8. The first-order valence-electron chi connectivity index (χ1n) is 19.1. The van der Waals surface area contributed by atoms with Crippen molar-refractivity contribution in [1.29, 1.82) is 0 Å². The Hall–Kier alpha value is -6.76. The zero-order chi connectivity index (χ0) is 45.3. The van der Waals surface area contributed by atoms with Crippen LogP contribution in [-0.4, -0.2) is 44.2 Å². The van der Waals surface area contributed by atoms with Gasteiger partial charge < -0.3 is 29.8 Å². The van der Waals surface area contributed by atoms with E-state index in [1.807, 2.05) is 84.9 Å². The van der Waals surface area contributed by atoms with Crippen molar-refractivity contribution in [3.8, 4) is 34.3 Å². The summed E-state index contributed by atoms with van der Waals surface area (Å²) in [6, 6.07) is 43.2. The average Bonchev–Trinajstić information content (AvgIpc) is 3.84. The predicted octanol–water partition coefficient (Wildman–Crippen LogP) is 10.9.